The molecule has 2 rings (SSSR count). The summed E-state index contributed by atoms with van der Waals surface area (Å²) >= 11 is 7.82. The van der Waals surface area contributed by atoms with Crippen molar-refractivity contribution in [2.45, 2.75) is 26.8 Å². The number of carbonyl (C=O) groups is 2. The van der Waals surface area contributed by atoms with Gasteiger partial charge in [0.25, 0.3) is 11.8 Å². The van der Waals surface area contributed by atoms with Crippen LogP contribution in [0.15, 0.2) is 29.6 Å². The molecule has 2 amide bonds. The van der Waals surface area contributed by atoms with E-state index in [0.29, 0.717) is 5.56 Å². The fourth-order valence-corrected chi connectivity index (χ4v) is 3.80. The molecule has 1 aromatic heterocycles. The zero-order chi connectivity index (χ0) is 20.2. The number of halogens is 1. The molecule has 0 aliphatic carbocycles. The lowest BCUT2D eigenvalue weighted by Gasteiger charge is -2.31. The smallest absolute Gasteiger partial charge is 0.255 e. The van der Waals surface area contributed by atoms with Gasteiger partial charge in [-0.3, -0.25) is 9.59 Å². The van der Waals surface area contributed by atoms with Gasteiger partial charge in [-0.05, 0) is 29.0 Å². The van der Waals surface area contributed by atoms with E-state index in [0.717, 1.165) is 4.88 Å². The zero-order valence-corrected chi connectivity index (χ0v) is 17.2. The molecule has 6 nitrogen and oxygen atoms in total. The highest BCUT2D eigenvalue weighted by Crippen LogP contribution is 2.38. The Kier molecular flexibility index (Phi) is 6.73. The van der Waals surface area contributed by atoms with Gasteiger partial charge in [-0.2, -0.15) is 0 Å². The number of rotatable bonds is 7. The first kappa shape index (κ1) is 21.1. The van der Waals surface area contributed by atoms with Crippen LogP contribution in [0.25, 0.3) is 0 Å². The van der Waals surface area contributed by atoms with E-state index in [9.17, 15) is 9.59 Å². The highest BCUT2D eigenvalue weighted by molar-refractivity contribution is 7.10. The lowest BCUT2D eigenvalue weighted by Crippen LogP contribution is -2.36. The number of ether oxygens (including phenoxy) is 2. The van der Waals surface area contributed by atoms with Crippen molar-refractivity contribution in [2.75, 3.05) is 13.7 Å². The van der Waals surface area contributed by atoms with Crippen molar-refractivity contribution in [1.29, 1.82) is 0 Å². The number of hydrogen-bond acceptors (Lipinski definition) is 5. The topological polar surface area (TPSA) is 90.7 Å². The molecule has 0 saturated heterocycles. The molecule has 0 spiro atoms. The Bertz CT molecular complexity index is 816. The first-order valence-electron chi connectivity index (χ1n) is 8.26. The Labute approximate surface area is 167 Å². The maximum atomic E-state index is 12.9. The van der Waals surface area contributed by atoms with Crippen molar-refractivity contribution in [3.8, 4) is 11.5 Å². The van der Waals surface area contributed by atoms with Crippen molar-refractivity contribution in [1.82, 2.24) is 5.32 Å². The van der Waals surface area contributed by atoms with Crippen LogP contribution in [0.1, 0.15) is 42.0 Å². The summed E-state index contributed by atoms with van der Waals surface area (Å²) in [6.07, 6.45) is 0. The van der Waals surface area contributed by atoms with Crippen molar-refractivity contribution in [3.63, 3.8) is 0 Å². The first-order valence-corrected chi connectivity index (χ1v) is 9.52. The summed E-state index contributed by atoms with van der Waals surface area (Å²) in [5, 5.41) is 5.20. The Morgan fingerprint density at radius 2 is 2.04 bits per heavy atom. The minimum absolute atomic E-state index is 0.157. The number of carbonyl (C=O) groups excluding carboxylic acids is 2. The molecule has 1 unspecified atom stereocenters. The van der Waals surface area contributed by atoms with Gasteiger partial charge in [-0.25, -0.2) is 0 Å². The van der Waals surface area contributed by atoms with Gasteiger partial charge in [0.15, 0.2) is 18.1 Å². The van der Waals surface area contributed by atoms with E-state index in [-0.39, 0.29) is 40.5 Å². The van der Waals surface area contributed by atoms with Gasteiger partial charge in [0, 0.05) is 10.4 Å². The molecule has 0 aliphatic heterocycles. The van der Waals surface area contributed by atoms with E-state index in [1.54, 1.807) is 11.3 Å². The molecule has 27 heavy (non-hydrogen) atoms. The third-order valence-corrected chi connectivity index (χ3v) is 5.04. The third kappa shape index (κ3) is 5.37. The highest BCUT2D eigenvalue weighted by atomic mass is 35.5. The van der Waals surface area contributed by atoms with Crippen LogP contribution in [0.4, 0.5) is 0 Å². The first-order chi connectivity index (χ1) is 12.6. The summed E-state index contributed by atoms with van der Waals surface area (Å²) in [4.78, 5) is 24.9. The van der Waals surface area contributed by atoms with Crippen molar-refractivity contribution in [3.05, 3.63) is 45.1 Å². The van der Waals surface area contributed by atoms with Crippen LogP contribution in [0.3, 0.4) is 0 Å². The van der Waals surface area contributed by atoms with Crippen LogP contribution in [-0.4, -0.2) is 25.5 Å². The van der Waals surface area contributed by atoms with Crippen molar-refractivity contribution >= 4 is 34.8 Å². The van der Waals surface area contributed by atoms with Gasteiger partial charge in [0.2, 0.25) is 0 Å². The van der Waals surface area contributed by atoms with E-state index in [4.69, 9.17) is 26.8 Å². The molecule has 1 atom stereocenters. The number of nitrogens with one attached hydrogen (secondary N) is 1. The maximum absolute atomic E-state index is 12.9. The lowest BCUT2D eigenvalue weighted by atomic mass is 9.85. The molecular formula is C19H23ClN2O4S. The van der Waals surface area contributed by atoms with E-state index < -0.39 is 5.91 Å². The number of amides is 2. The largest absolute Gasteiger partial charge is 0.493 e. The quantitative estimate of drug-likeness (QED) is 0.726. The zero-order valence-electron chi connectivity index (χ0n) is 15.7. The van der Waals surface area contributed by atoms with E-state index in [1.165, 1.54) is 19.2 Å². The summed E-state index contributed by atoms with van der Waals surface area (Å²) in [5.74, 6) is -0.513. The predicted molar refractivity (Wildman–Crippen MR) is 107 cm³/mol. The molecule has 146 valence electrons. The van der Waals surface area contributed by atoms with Gasteiger partial charge in [0.1, 0.15) is 0 Å². The van der Waals surface area contributed by atoms with E-state index in [1.807, 2.05) is 17.5 Å². The molecule has 3 N–H and O–H groups in total. The molecule has 0 saturated carbocycles. The molecule has 0 bridgehead atoms. The van der Waals surface area contributed by atoms with Crippen molar-refractivity contribution in [2.24, 2.45) is 11.1 Å². The summed E-state index contributed by atoms with van der Waals surface area (Å²) in [5.41, 5.74) is 5.24. The lowest BCUT2D eigenvalue weighted by molar-refractivity contribution is -0.119. The van der Waals surface area contributed by atoms with E-state index >= 15 is 0 Å². The number of primary amides is 1. The SMILES string of the molecule is COc1cc(C(=O)NC(c2cccs2)C(C)(C)C)cc(Cl)c1OCC(N)=O. The normalized spacial score (nSPS) is 12.3. The van der Waals surface area contributed by atoms with Gasteiger partial charge >= 0.3 is 0 Å². The second-order valence-electron chi connectivity index (χ2n) is 7.03. The maximum Gasteiger partial charge on any atom is 0.255 e. The standard InChI is InChI=1S/C19H23ClN2O4S/c1-19(2,3)17(14-6-5-7-27-14)22-18(24)11-8-12(20)16(13(9-11)25-4)26-10-15(21)23/h5-9,17H,10H2,1-4H3,(H2,21,23)(H,22,24). The summed E-state index contributed by atoms with van der Waals surface area (Å²) in [7, 11) is 1.42. The van der Waals surface area contributed by atoms with Crippen molar-refractivity contribution < 1.29 is 19.1 Å². The van der Waals surface area contributed by atoms with Crippen LogP contribution >= 0.6 is 22.9 Å². The minimum atomic E-state index is -0.640. The summed E-state index contributed by atoms with van der Waals surface area (Å²) in [6, 6.07) is 6.78. The third-order valence-electron chi connectivity index (χ3n) is 3.82. The molecule has 1 aromatic carbocycles. The number of hydrogen-bond donors (Lipinski definition) is 2. The minimum Gasteiger partial charge on any atom is -0.493 e. The molecule has 0 fully saturated rings. The van der Waals surface area contributed by atoms with E-state index in [2.05, 4.69) is 26.1 Å². The Balaban J connectivity index is 2.30. The monoisotopic (exact) mass is 410 g/mol. The fraction of sp³-hybridized carbons (Fsp3) is 0.368. The number of nitrogens with two attached hydrogens (primary N) is 1. The van der Waals surface area contributed by atoms with Gasteiger partial charge < -0.3 is 20.5 Å². The van der Waals surface area contributed by atoms with Crippen LogP contribution in [0.5, 0.6) is 11.5 Å². The second kappa shape index (κ2) is 8.63. The molecular weight excluding hydrogens is 388 g/mol. The van der Waals surface area contributed by atoms with Gasteiger partial charge in [-0.15, -0.1) is 11.3 Å². The number of thiophene rings is 1. The fourth-order valence-electron chi connectivity index (χ4n) is 2.52. The highest BCUT2D eigenvalue weighted by Gasteiger charge is 2.29. The molecule has 0 radical (unpaired) electrons. The Hall–Kier alpha value is -2.25. The molecule has 2 aromatic rings. The average Bonchev–Trinajstić information content (AvgIpc) is 3.10. The predicted octanol–water partition coefficient (Wildman–Crippen LogP) is 3.79. The van der Waals surface area contributed by atoms with Crippen LogP contribution in [0, 0.1) is 5.41 Å². The molecule has 0 aliphatic rings. The Morgan fingerprint density at radius 1 is 1.33 bits per heavy atom. The Morgan fingerprint density at radius 3 is 2.56 bits per heavy atom. The summed E-state index contributed by atoms with van der Waals surface area (Å²) in [6.45, 7) is 5.84. The summed E-state index contributed by atoms with van der Waals surface area (Å²) < 4.78 is 10.5. The number of benzene rings is 1. The van der Waals surface area contributed by atoms with Crippen LogP contribution < -0.4 is 20.5 Å². The average molecular weight is 411 g/mol. The van der Waals surface area contributed by atoms with Crippen LogP contribution in [-0.2, 0) is 4.79 Å². The molecule has 8 heteroatoms. The van der Waals surface area contributed by atoms with Gasteiger partial charge in [-0.1, -0.05) is 38.4 Å². The van der Waals surface area contributed by atoms with Gasteiger partial charge in [0.05, 0.1) is 18.2 Å². The number of methoxy groups -OCH3 is 1. The molecule has 1 heterocycles. The second-order valence-corrected chi connectivity index (χ2v) is 8.42. The van der Waals surface area contributed by atoms with Crippen LogP contribution in [0.2, 0.25) is 5.02 Å².